The van der Waals surface area contributed by atoms with Crippen molar-refractivity contribution in [3.8, 4) is 0 Å². The predicted molar refractivity (Wildman–Crippen MR) is 66.8 cm³/mol. The van der Waals surface area contributed by atoms with Crippen LogP contribution < -0.4 is 5.32 Å². The summed E-state index contributed by atoms with van der Waals surface area (Å²) in [4.78, 5) is 23.0. The van der Waals surface area contributed by atoms with E-state index in [-0.39, 0.29) is 5.91 Å². The van der Waals surface area contributed by atoms with Gasteiger partial charge < -0.3 is 10.3 Å². The summed E-state index contributed by atoms with van der Waals surface area (Å²) in [7, 11) is 0. The fourth-order valence-electron chi connectivity index (χ4n) is 1.64. The Morgan fingerprint density at radius 3 is 3.12 bits per heavy atom. The summed E-state index contributed by atoms with van der Waals surface area (Å²) >= 11 is 0. The molecule has 0 aliphatic rings. The van der Waals surface area contributed by atoms with Crippen LogP contribution in [0, 0.1) is 6.92 Å². The molecule has 0 saturated heterocycles. The zero-order chi connectivity index (χ0) is 12.3. The van der Waals surface area contributed by atoms with E-state index in [0.29, 0.717) is 12.1 Å². The molecule has 0 unspecified atom stereocenters. The Hall–Kier alpha value is -1.91. The van der Waals surface area contributed by atoms with Crippen LogP contribution in [0.25, 0.3) is 11.2 Å². The van der Waals surface area contributed by atoms with E-state index >= 15 is 0 Å². The number of hydrogen-bond donors (Lipinski definition) is 2. The number of carbonyl (C=O) groups excluding carboxylic acids is 1. The first-order valence-electron chi connectivity index (χ1n) is 5.81. The van der Waals surface area contributed by atoms with Gasteiger partial charge in [-0.05, 0) is 19.4 Å². The minimum Gasteiger partial charge on any atom is -0.343 e. The molecule has 0 aliphatic carbocycles. The summed E-state index contributed by atoms with van der Waals surface area (Å²) in [5.41, 5.74) is 3.05. The number of amides is 1. The van der Waals surface area contributed by atoms with E-state index in [2.05, 4.69) is 27.2 Å². The molecule has 2 rings (SSSR count). The van der Waals surface area contributed by atoms with E-state index in [4.69, 9.17) is 0 Å². The maximum absolute atomic E-state index is 11.6. The van der Waals surface area contributed by atoms with Crippen molar-refractivity contribution in [1.29, 1.82) is 0 Å². The van der Waals surface area contributed by atoms with Crippen LogP contribution >= 0.6 is 0 Å². The van der Waals surface area contributed by atoms with Crippen LogP contribution in [0.4, 0.5) is 5.69 Å². The van der Waals surface area contributed by atoms with Crippen LogP contribution in [0.1, 0.15) is 31.9 Å². The molecule has 2 aromatic heterocycles. The monoisotopic (exact) mass is 232 g/mol. The molecule has 17 heavy (non-hydrogen) atoms. The Balaban J connectivity index is 2.17. The normalized spacial score (nSPS) is 10.7. The maximum atomic E-state index is 11.6. The van der Waals surface area contributed by atoms with Crippen LogP contribution in [0.5, 0.6) is 0 Å². The number of rotatable bonds is 4. The molecule has 90 valence electrons. The highest BCUT2D eigenvalue weighted by Gasteiger charge is 2.08. The number of aromatic nitrogens is 3. The van der Waals surface area contributed by atoms with Gasteiger partial charge in [-0.2, -0.15) is 0 Å². The molecule has 1 amide bonds. The summed E-state index contributed by atoms with van der Waals surface area (Å²) in [6.45, 7) is 3.93. The molecule has 0 fully saturated rings. The van der Waals surface area contributed by atoms with Gasteiger partial charge in [0.1, 0.15) is 0 Å². The van der Waals surface area contributed by atoms with Gasteiger partial charge >= 0.3 is 0 Å². The molecule has 0 spiro atoms. The molecule has 0 atom stereocenters. The molecule has 2 aromatic rings. The minimum atomic E-state index is 0.0376. The second-order valence-electron chi connectivity index (χ2n) is 4.05. The molecular weight excluding hydrogens is 216 g/mol. The second kappa shape index (κ2) is 4.95. The van der Waals surface area contributed by atoms with Crippen molar-refractivity contribution >= 4 is 22.8 Å². The highest BCUT2D eigenvalue weighted by molar-refractivity contribution is 5.93. The molecule has 5 heteroatoms. The molecule has 2 N–H and O–H groups in total. The lowest BCUT2D eigenvalue weighted by Gasteiger charge is -2.07. The first-order chi connectivity index (χ1) is 8.20. The Morgan fingerprint density at radius 2 is 2.35 bits per heavy atom. The molecular formula is C12H16N4O. The van der Waals surface area contributed by atoms with E-state index in [9.17, 15) is 4.79 Å². The summed E-state index contributed by atoms with van der Waals surface area (Å²) in [6, 6.07) is 1.87. The maximum Gasteiger partial charge on any atom is 0.224 e. The highest BCUT2D eigenvalue weighted by atomic mass is 16.1. The number of aryl methyl sites for hydroxylation is 1. The number of pyridine rings is 1. The third kappa shape index (κ3) is 2.61. The number of unbranched alkanes of at least 4 members (excludes halogenated alkanes) is 1. The van der Waals surface area contributed by atoms with Crippen LogP contribution in [-0.4, -0.2) is 20.9 Å². The van der Waals surface area contributed by atoms with Gasteiger partial charge in [-0.3, -0.25) is 4.79 Å². The summed E-state index contributed by atoms with van der Waals surface area (Å²) < 4.78 is 0. The number of anilines is 1. The number of carbonyl (C=O) groups is 1. The summed E-state index contributed by atoms with van der Waals surface area (Å²) in [5.74, 6) is 0.0376. The van der Waals surface area contributed by atoms with Crippen molar-refractivity contribution in [2.75, 3.05) is 5.32 Å². The first-order valence-corrected chi connectivity index (χ1v) is 5.81. The smallest absolute Gasteiger partial charge is 0.224 e. The van der Waals surface area contributed by atoms with Gasteiger partial charge in [-0.1, -0.05) is 13.3 Å². The standard InChI is InChI=1S/C12H16N4O/c1-3-4-5-11(17)16-9-6-10-12(14-7-13-10)15-8(9)2/h6-7H,3-5H2,1-2H3,(H,16,17)(H,13,14,15). The van der Waals surface area contributed by atoms with Crippen molar-refractivity contribution in [2.24, 2.45) is 0 Å². The molecule has 0 aromatic carbocycles. The quantitative estimate of drug-likeness (QED) is 0.850. The fourth-order valence-corrected chi connectivity index (χ4v) is 1.64. The van der Waals surface area contributed by atoms with Crippen LogP contribution in [-0.2, 0) is 4.79 Å². The summed E-state index contributed by atoms with van der Waals surface area (Å²) in [5, 5.41) is 2.88. The lowest BCUT2D eigenvalue weighted by atomic mass is 10.2. The SMILES string of the molecule is CCCCC(=O)Nc1cc2[nH]cnc2nc1C. The van der Waals surface area contributed by atoms with Gasteiger partial charge in [0.05, 0.1) is 23.2 Å². The van der Waals surface area contributed by atoms with Crippen LogP contribution in [0.15, 0.2) is 12.4 Å². The van der Waals surface area contributed by atoms with E-state index in [0.717, 1.165) is 29.7 Å². The Kier molecular flexibility index (Phi) is 3.37. The Labute approximate surface area is 99.7 Å². The predicted octanol–water partition coefficient (Wildman–Crippen LogP) is 2.40. The van der Waals surface area contributed by atoms with Gasteiger partial charge in [0.2, 0.25) is 5.91 Å². The number of hydrogen-bond acceptors (Lipinski definition) is 3. The van der Waals surface area contributed by atoms with E-state index < -0.39 is 0 Å². The van der Waals surface area contributed by atoms with Crippen molar-refractivity contribution < 1.29 is 4.79 Å². The van der Waals surface area contributed by atoms with Gasteiger partial charge in [-0.15, -0.1) is 0 Å². The number of aromatic amines is 1. The Bertz CT molecular complexity index is 532. The van der Waals surface area contributed by atoms with Gasteiger partial charge in [0.25, 0.3) is 0 Å². The number of nitrogens with one attached hydrogen (secondary N) is 2. The van der Waals surface area contributed by atoms with Crippen molar-refractivity contribution in [1.82, 2.24) is 15.0 Å². The van der Waals surface area contributed by atoms with Crippen molar-refractivity contribution in [2.45, 2.75) is 33.1 Å². The van der Waals surface area contributed by atoms with E-state index in [1.807, 2.05) is 13.0 Å². The Morgan fingerprint density at radius 1 is 1.53 bits per heavy atom. The molecule has 5 nitrogen and oxygen atoms in total. The third-order valence-corrected chi connectivity index (χ3v) is 2.63. The highest BCUT2D eigenvalue weighted by Crippen LogP contribution is 2.18. The van der Waals surface area contributed by atoms with Crippen LogP contribution in [0.3, 0.4) is 0 Å². The van der Waals surface area contributed by atoms with Gasteiger partial charge in [0.15, 0.2) is 5.65 Å². The third-order valence-electron chi connectivity index (χ3n) is 2.63. The number of fused-ring (bicyclic) bond motifs is 1. The topological polar surface area (TPSA) is 70.7 Å². The average molecular weight is 232 g/mol. The first kappa shape index (κ1) is 11.6. The molecule has 0 bridgehead atoms. The fraction of sp³-hybridized carbons (Fsp3) is 0.417. The van der Waals surface area contributed by atoms with Gasteiger partial charge in [-0.25, -0.2) is 9.97 Å². The molecule has 0 saturated carbocycles. The van der Waals surface area contributed by atoms with E-state index in [1.165, 1.54) is 0 Å². The number of imidazole rings is 1. The zero-order valence-electron chi connectivity index (χ0n) is 10.1. The molecule has 0 radical (unpaired) electrons. The average Bonchev–Trinajstić information content (AvgIpc) is 2.74. The van der Waals surface area contributed by atoms with Gasteiger partial charge in [0, 0.05) is 6.42 Å². The van der Waals surface area contributed by atoms with Crippen LogP contribution in [0.2, 0.25) is 0 Å². The van der Waals surface area contributed by atoms with E-state index in [1.54, 1.807) is 6.33 Å². The second-order valence-corrected chi connectivity index (χ2v) is 4.05. The largest absolute Gasteiger partial charge is 0.343 e. The lowest BCUT2D eigenvalue weighted by molar-refractivity contribution is -0.116. The summed E-state index contributed by atoms with van der Waals surface area (Å²) in [6.07, 6.45) is 4.07. The zero-order valence-corrected chi connectivity index (χ0v) is 10.1. The number of nitrogens with zero attached hydrogens (tertiary/aromatic N) is 2. The van der Waals surface area contributed by atoms with Crippen molar-refractivity contribution in [3.05, 3.63) is 18.1 Å². The number of H-pyrrole nitrogens is 1. The molecule has 0 aliphatic heterocycles. The molecule has 2 heterocycles. The minimum absolute atomic E-state index is 0.0376. The lowest BCUT2D eigenvalue weighted by Crippen LogP contribution is -2.12. The van der Waals surface area contributed by atoms with Crippen molar-refractivity contribution in [3.63, 3.8) is 0 Å².